The minimum atomic E-state index is -0.185. The molecule has 0 aromatic heterocycles. The van der Waals surface area contributed by atoms with Crippen LogP contribution in [0.15, 0.2) is 0 Å². The van der Waals surface area contributed by atoms with E-state index in [1.54, 1.807) is 6.92 Å². The van der Waals surface area contributed by atoms with Crippen molar-refractivity contribution in [2.24, 2.45) is 11.7 Å². The largest absolute Gasteiger partial charge is 0.393 e. The third kappa shape index (κ3) is 0.924. The molecule has 1 rings (SSSR count). The molecule has 2 nitrogen and oxygen atoms in total. The van der Waals surface area contributed by atoms with Crippen LogP contribution in [0.3, 0.4) is 0 Å². The van der Waals surface area contributed by atoms with Gasteiger partial charge in [-0.3, -0.25) is 0 Å². The highest BCUT2D eigenvalue weighted by molar-refractivity contribution is 4.92. The van der Waals surface area contributed by atoms with E-state index in [0.29, 0.717) is 12.0 Å². The van der Waals surface area contributed by atoms with E-state index in [1.807, 2.05) is 0 Å². The molecular weight excluding hydrogens is 90.1 g/mol. The van der Waals surface area contributed by atoms with E-state index >= 15 is 0 Å². The van der Waals surface area contributed by atoms with Gasteiger partial charge in [-0.25, -0.2) is 0 Å². The Balaban J connectivity index is 2.20. The Morgan fingerprint density at radius 1 is 1.86 bits per heavy atom. The molecular formula is C5H11NO. The number of aliphatic hydroxyl groups is 1. The number of nitrogens with two attached hydrogens (primary N) is 1. The van der Waals surface area contributed by atoms with Crippen molar-refractivity contribution in [3.8, 4) is 0 Å². The summed E-state index contributed by atoms with van der Waals surface area (Å²) in [6.07, 6.45) is 0.826. The first-order valence-corrected chi connectivity index (χ1v) is 2.65. The van der Waals surface area contributed by atoms with Crippen LogP contribution in [-0.4, -0.2) is 17.3 Å². The Kier molecular flexibility index (Phi) is 1.05. The summed E-state index contributed by atoms with van der Waals surface area (Å²) in [6.45, 7) is 1.79. The van der Waals surface area contributed by atoms with E-state index < -0.39 is 0 Å². The average Bonchev–Trinajstić information content (AvgIpc) is 2.17. The van der Waals surface area contributed by atoms with Crippen molar-refractivity contribution < 1.29 is 5.11 Å². The van der Waals surface area contributed by atoms with Crippen LogP contribution in [0.2, 0.25) is 0 Å². The summed E-state index contributed by atoms with van der Waals surface area (Å²) >= 11 is 0. The van der Waals surface area contributed by atoms with Crippen LogP contribution in [0.5, 0.6) is 0 Å². The van der Waals surface area contributed by atoms with Gasteiger partial charge in [-0.05, 0) is 13.3 Å². The first-order chi connectivity index (χ1) is 3.22. The van der Waals surface area contributed by atoms with Crippen LogP contribution in [0.4, 0.5) is 0 Å². The summed E-state index contributed by atoms with van der Waals surface area (Å²) in [5.74, 6) is 0.403. The molecule has 2 heteroatoms. The first kappa shape index (κ1) is 5.06. The van der Waals surface area contributed by atoms with Crippen LogP contribution < -0.4 is 5.73 Å². The van der Waals surface area contributed by atoms with Crippen LogP contribution in [0.25, 0.3) is 0 Å². The van der Waals surface area contributed by atoms with Crippen LogP contribution in [-0.2, 0) is 0 Å². The minimum absolute atomic E-state index is 0.185. The fourth-order valence-electron chi connectivity index (χ4n) is 0.790. The van der Waals surface area contributed by atoms with Crippen molar-refractivity contribution in [3.63, 3.8) is 0 Å². The lowest BCUT2D eigenvalue weighted by Gasteiger charge is -1.96. The lowest BCUT2D eigenvalue weighted by Crippen LogP contribution is -2.11. The maximum atomic E-state index is 8.78. The topological polar surface area (TPSA) is 46.2 Å². The van der Waals surface area contributed by atoms with Gasteiger partial charge < -0.3 is 10.8 Å². The zero-order chi connectivity index (χ0) is 5.44. The molecule has 0 bridgehead atoms. The van der Waals surface area contributed by atoms with E-state index in [-0.39, 0.29) is 6.10 Å². The highest BCUT2D eigenvalue weighted by Gasteiger charge is 2.36. The summed E-state index contributed by atoms with van der Waals surface area (Å²) < 4.78 is 0. The third-order valence-electron chi connectivity index (χ3n) is 1.51. The molecule has 0 aromatic rings. The average molecular weight is 101 g/mol. The van der Waals surface area contributed by atoms with E-state index in [9.17, 15) is 0 Å². The second-order valence-corrected chi connectivity index (χ2v) is 2.30. The standard InChI is InChI=1S/C5H11NO/c1-3(7)4-2-5(4)6/h3-5,7H,2,6H2,1H3/t3?,4-,5+/m0/s1. The van der Waals surface area contributed by atoms with Gasteiger partial charge in [-0.2, -0.15) is 0 Å². The molecule has 1 fully saturated rings. The summed E-state index contributed by atoms with van der Waals surface area (Å²) in [7, 11) is 0. The number of hydrogen-bond acceptors (Lipinski definition) is 2. The highest BCUT2D eigenvalue weighted by atomic mass is 16.3. The molecule has 0 saturated heterocycles. The van der Waals surface area contributed by atoms with Gasteiger partial charge in [0.05, 0.1) is 6.10 Å². The summed E-state index contributed by atoms with van der Waals surface area (Å²) in [5, 5.41) is 8.78. The minimum Gasteiger partial charge on any atom is -0.393 e. The lowest BCUT2D eigenvalue weighted by atomic mass is 10.3. The smallest absolute Gasteiger partial charge is 0.0555 e. The fraction of sp³-hybridized carbons (Fsp3) is 1.00. The van der Waals surface area contributed by atoms with Gasteiger partial charge in [-0.1, -0.05) is 0 Å². The molecule has 1 unspecified atom stereocenters. The van der Waals surface area contributed by atoms with E-state index in [4.69, 9.17) is 10.8 Å². The molecule has 42 valence electrons. The van der Waals surface area contributed by atoms with Gasteiger partial charge >= 0.3 is 0 Å². The van der Waals surface area contributed by atoms with Crippen molar-refractivity contribution in [2.75, 3.05) is 0 Å². The quantitative estimate of drug-likeness (QED) is 0.477. The van der Waals surface area contributed by atoms with Crippen molar-refractivity contribution in [1.29, 1.82) is 0 Å². The van der Waals surface area contributed by atoms with E-state index in [0.717, 1.165) is 6.42 Å². The van der Waals surface area contributed by atoms with Gasteiger partial charge in [-0.15, -0.1) is 0 Å². The van der Waals surface area contributed by atoms with Crippen molar-refractivity contribution in [1.82, 2.24) is 0 Å². The molecule has 3 N–H and O–H groups in total. The Labute approximate surface area is 43.3 Å². The van der Waals surface area contributed by atoms with Crippen LogP contribution >= 0.6 is 0 Å². The molecule has 1 aliphatic rings. The van der Waals surface area contributed by atoms with Gasteiger partial charge in [0.2, 0.25) is 0 Å². The van der Waals surface area contributed by atoms with Crippen LogP contribution in [0.1, 0.15) is 13.3 Å². The van der Waals surface area contributed by atoms with Crippen molar-refractivity contribution in [3.05, 3.63) is 0 Å². The zero-order valence-electron chi connectivity index (χ0n) is 4.46. The predicted molar refractivity (Wildman–Crippen MR) is 27.8 cm³/mol. The molecule has 0 aromatic carbocycles. The highest BCUT2D eigenvalue weighted by Crippen LogP contribution is 2.30. The second-order valence-electron chi connectivity index (χ2n) is 2.30. The maximum absolute atomic E-state index is 8.78. The lowest BCUT2D eigenvalue weighted by molar-refractivity contribution is 0.169. The molecule has 0 aliphatic heterocycles. The molecule has 1 aliphatic carbocycles. The first-order valence-electron chi connectivity index (χ1n) is 2.65. The Morgan fingerprint density at radius 3 is 2.29 bits per heavy atom. The maximum Gasteiger partial charge on any atom is 0.0555 e. The number of rotatable bonds is 1. The van der Waals surface area contributed by atoms with E-state index in [1.165, 1.54) is 0 Å². The Bertz CT molecular complexity index is 72.5. The molecule has 0 heterocycles. The third-order valence-corrected chi connectivity index (χ3v) is 1.51. The van der Waals surface area contributed by atoms with Gasteiger partial charge in [0.1, 0.15) is 0 Å². The van der Waals surface area contributed by atoms with Crippen LogP contribution in [0, 0.1) is 5.92 Å². The second kappa shape index (κ2) is 1.46. The molecule has 3 atom stereocenters. The summed E-state index contributed by atoms with van der Waals surface area (Å²) in [6, 6.07) is 0.292. The number of aliphatic hydroxyl groups excluding tert-OH is 1. The Hall–Kier alpha value is -0.0800. The van der Waals surface area contributed by atoms with Gasteiger partial charge in [0.25, 0.3) is 0 Å². The molecule has 7 heavy (non-hydrogen) atoms. The normalized spacial score (nSPS) is 43.3. The summed E-state index contributed by atoms with van der Waals surface area (Å²) in [5.41, 5.74) is 5.41. The molecule has 0 spiro atoms. The fourth-order valence-corrected chi connectivity index (χ4v) is 0.790. The Morgan fingerprint density at radius 2 is 2.29 bits per heavy atom. The zero-order valence-corrected chi connectivity index (χ0v) is 4.46. The van der Waals surface area contributed by atoms with Gasteiger partial charge in [0.15, 0.2) is 0 Å². The van der Waals surface area contributed by atoms with E-state index in [2.05, 4.69) is 0 Å². The van der Waals surface area contributed by atoms with Gasteiger partial charge in [0, 0.05) is 12.0 Å². The number of hydrogen-bond donors (Lipinski definition) is 2. The van der Waals surface area contributed by atoms with Crippen molar-refractivity contribution >= 4 is 0 Å². The molecule has 0 radical (unpaired) electrons. The molecule has 1 saturated carbocycles. The predicted octanol–water partition coefficient (Wildman–Crippen LogP) is -0.286. The SMILES string of the molecule is CC(O)[C@@H]1C[C@H]1N. The summed E-state index contributed by atoms with van der Waals surface area (Å²) in [4.78, 5) is 0. The molecule has 0 amide bonds. The monoisotopic (exact) mass is 101 g/mol. The van der Waals surface area contributed by atoms with Crippen molar-refractivity contribution in [2.45, 2.75) is 25.5 Å².